The number of aryl methyl sites for hydroxylation is 1. The third kappa shape index (κ3) is 3.88. The van der Waals surface area contributed by atoms with Crippen LogP contribution in [-0.4, -0.2) is 32.2 Å². The predicted molar refractivity (Wildman–Crippen MR) is 123 cm³/mol. The van der Waals surface area contributed by atoms with Crippen LogP contribution in [0.25, 0.3) is 11.1 Å². The van der Waals surface area contributed by atoms with Crippen molar-refractivity contribution in [2.45, 2.75) is 23.6 Å². The number of rotatable bonds is 5. The third-order valence-electron chi connectivity index (χ3n) is 5.43. The van der Waals surface area contributed by atoms with Gasteiger partial charge in [-0.25, -0.2) is 0 Å². The summed E-state index contributed by atoms with van der Waals surface area (Å²) in [6.45, 7) is 0.923. The summed E-state index contributed by atoms with van der Waals surface area (Å²) < 4.78 is 0. The Bertz CT molecular complexity index is 1360. The van der Waals surface area contributed by atoms with Gasteiger partial charge in [0.15, 0.2) is 5.82 Å². The zero-order valence-electron chi connectivity index (χ0n) is 17.1. The Morgan fingerprint density at radius 1 is 1.16 bits per heavy atom. The number of tetrazole rings is 1. The molecule has 0 aliphatic carbocycles. The van der Waals surface area contributed by atoms with Crippen LogP contribution in [0.2, 0.25) is 0 Å². The predicted octanol–water partition coefficient (Wildman–Crippen LogP) is 3.80. The van der Waals surface area contributed by atoms with E-state index in [2.05, 4.69) is 66.9 Å². The Morgan fingerprint density at radius 2 is 2.06 bits per heavy atom. The number of anilines is 2. The lowest BCUT2D eigenvalue weighted by Gasteiger charge is -2.31. The van der Waals surface area contributed by atoms with Crippen LogP contribution in [0.15, 0.2) is 64.4 Å². The molecule has 1 aliphatic heterocycles. The van der Waals surface area contributed by atoms with Gasteiger partial charge in [0, 0.05) is 29.5 Å². The van der Waals surface area contributed by atoms with E-state index in [9.17, 15) is 10.1 Å². The van der Waals surface area contributed by atoms with Crippen LogP contribution in [0.5, 0.6) is 0 Å². The molecule has 0 amide bonds. The van der Waals surface area contributed by atoms with Gasteiger partial charge in [0.25, 0.3) is 0 Å². The van der Waals surface area contributed by atoms with E-state index >= 15 is 0 Å². The number of nitriles is 1. The Morgan fingerprint density at radius 3 is 2.91 bits per heavy atom. The summed E-state index contributed by atoms with van der Waals surface area (Å²) in [5.74, 6) is 0.880. The van der Waals surface area contributed by atoms with Crippen LogP contribution in [0.3, 0.4) is 0 Å². The molecule has 32 heavy (non-hydrogen) atoms. The molecule has 2 aromatic heterocycles. The topological polar surface area (TPSA) is 114 Å². The fourth-order valence-corrected chi connectivity index (χ4v) is 4.87. The molecule has 0 saturated heterocycles. The second kappa shape index (κ2) is 8.69. The van der Waals surface area contributed by atoms with Gasteiger partial charge in [-0.3, -0.25) is 4.79 Å². The third-order valence-corrected chi connectivity index (χ3v) is 6.43. The van der Waals surface area contributed by atoms with Crippen LogP contribution in [0, 0.1) is 11.3 Å². The van der Waals surface area contributed by atoms with Crippen LogP contribution < -0.4 is 10.5 Å². The summed E-state index contributed by atoms with van der Waals surface area (Å²) in [5.41, 5.74) is 5.18. The highest BCUT2D eigenvalue weighted by Crippen LogP contribution is 2.36. The van der Waals surface area contributed by atoms with E-state index in [1.165, 1.54) is 29.1 Å². The second-order valence-electron chi connectivity index (χ2n) is 7.41. The van der Waals surface area contributed by atoms with Crippen molar-refractivity contribution in [3.8, 4) is 17.2 Å². The first kappa shape index (κ1) is 20.0. The zero-order valence-corrected chi connectivity index (χ0v) is 17.9. The van der Waals surface area contributed by atoms with E-state index in [0.29, 0.717) is 27.7 Å². The summed E-state index contributed by atoms with van der Waals surface area (Å²) in [6.07, 6.45) is 2.15. The molecule has 0 bridgehead atoms. The number of hydrogen-bond donors (Lipinski definition) is 2. The van der Waals surface area contributed by atoms with Gasteiger partial charge in [-0.1, -0.05) is 47.3 Å². The van der Waals surface area contributed by atoms with Crippen molar-refractivity contribution in [1.82, 2.24) is 25.6 Å². The highest BCUT2D eigenvalue weighted by molar-refractivity contribution is 7.98. The number of benzene rings is 2. The number of thioether (sulfide) groups is 1. The van der Waals surface area contributed by atoms with E-state index in [0.717, 1.165) is 30.6 Å². The van der Waals surface area contributed by atoms with Gasteiger partial charge in [0.2, 0.25) is 5.56 Å². The Labute approximate surface area is 188 Å². The molecule has 1 aliphatic rings. The van der Waals surface area contributed by atoms with Crippen LogP contribution in [0.1, 0.15) is 23.4 Å². The number of aromatic nitrogens is 5. The minimum atomic E-state index is -0.261. The molecule has 0 unspecified atom stereocenters. The summed E-state index contributed by atoms with van der Waals surface area (Å²) >= 11 is 1.30. The Kier molecular flexibility index (Phi) is 5.44. The van der Waals surface area contributed by atoms with Crippen LogP contribution in [0.4, 0.5) is 11.4 Å². The average Bonchev–Trinajstić information content (AvgIpc) is 3.36. The van der Waals surface area contributed by atoms with Crippen molar-refractivity contribution in [2.75, 3.05) is 11.4 Å². The summed E-state index contributed by atoms with van der Waals surface area (Å²) in [5, 5.41) is 24.2. The van der Waals surface area contributed by atoms with Crippen molar-refractivity contribution in [1.29, 1.82) is 5.26 Å². The van der Waals surface area contributed by atoms with Crippen LogP contribution in [-0.2, 0) is 12.2 Å². The number of H-pyrrole nitrogens is 2. The highest BCUT2D eigenvalue weighted by atomic mass is 32.2. The molecule has 158 valence electrons. The maximum absolute atomic E-state index is 12.4. The molecule has 4 aromatic rings. The normalized spacial score (nSPS) is 12.9. The van der Waals surface area contributed by atoms with E-state index in [-0.39, 0.29) is 5.56 Å². The molecule has 0 radical (unpaired) electrons. The number of aromatic amines is 2. The number of hydrogen-bond acceptors (Lipinski definition) is 7. The minimum Gasteiger partial charge on any atom is -0.341 e. The smallest absolute Gasteiger partial charge is 0.249 e. The molecule has 0 atom stereocenters. The van der Waals surface area contributed by atoms with Crippen molar-refractivity contribution < 1.29 is 0 Å². The van der Waals surface area contributed by atoms with Gasteiger partial charge in [0.05, 0.1) is 16.3 Å². The van der Waals surface area contributed by atoms with Crippen molar-refractivity contribution in [3.05, 3.63) is 81.9 Å². The van der Waals surface area contributed by atoms with Gasteiger partial charge >= 0.3 is 0 Å². The molecule has 9 heteroatoms. The van der Waals surface area contributed by atoms with Crippen LogP contribution >= 0.6 is 11.8 Å². The summed E-state index contributed by atoms with van der Waals surface area (Å²) in [6, 6.07) is 20.2. The van der Waals surface area contributed by atoms with Crippen molar-refractivity contribution in [2.24, 2.45) is 0 Å². The van der Waals surface area contributed by atoms with Gasteiger partial charge < -0.3 is 9.88 Å². The first-order valence-electron chi connectivity index (χ1n) is 10.2. The molecule has 0 fully saturated rings. The SMILES string of the molecule is N#Cc1c(-c2cccc(N3CCCc4ccccc43)c2)cc(=O)[nH]c1SCc1nn[nH]n1. The average molecular weight is 442 g/mol. The van der Waals surface area contributed by atoms with E-state index in [4.69, 9.17) is 0 Å². The number of nitrogens with one attached hydrogen (secondary N) is 2. The molecule has 2 N–H and O–H groups in total. The number of para-hydroxylation sites is 1. The minimum absolute atomic E-state index is 0.261. The van der Waals surface area contributed by atoms with Crippen molar-refractivity contribution >= 4 is 23.1 Å². The molecule has 2 aromatic carbocycles. The molecule has 3 heterocycles. The molecular formula is C23H19N7OS. The van der Waals surface area contributed by atoms with Crippen molar-refractivity contribution in [3.63, 3.8) is 0 Å². The second-order valence-corrected chi connectivity index (χ2v) is 8.40. The van der Waals surface area contributed by atoms with E-state index in [1.54, 1.807) is 0 Å². The lowest BCUT2D eigenvalue weighted by atomic mass is 9.98. The maximum atomic E-state index is 12.4. The zero-order chi connectivity index (χ0) is 21.9. The number of fused-ring (bicyclic) bond motifs is 1. The molecule has 5 rings (SSSR count). The van der Waals surface area contributed by atoms with E-state index < -0.39 is 0 Å². The Balaban J connectivity index is 1.53. The lowest BCUT2D eigenvalue weighted by molar-refractivity contribution is 0.767. The largest absolute Gasteiger partial charge is 0.341 e. The molecule has 8 nitrogen and oxygen atoms in total. The van der Waals surface area contributed by atoms with Gasteiger partial charge in [0.1, 0.15) is 6.07 Å². The van der Waals surface area contributed by atoms with E-state index in [1.807, 2.05) is 18.2 Å². The fourth-order valence-electron chi connectivity index (χ4n) is 4.01. The molecule has 0 saturated carbocycles. The first-order chi connectivity index (χ1) is 15.7. The standard InChI is InChI=1S/C23H19N7OS/c24-13-19-18(12-22(31)25-23(19)32-14-21-26-28-29-27-21)16-6-3-8-17(11-16)30-10-4-7-15-5-1-2-9-20(15)30/h1-3,5-6,8-9,11-12H,4,7,10,14H2,(H,25,31)(H,26,27,28,29). The van der Waals surface area contributed by atoms with Gasteiger partial charge in [-0.2, -0.15) is 10.5 Å². The Hall–Kier alpha value is -3.90. The fraction of sp³-hybridized carbons (Fsp3) is 0.174. The highest BCUT2D eigenvalue weighted by Gasteiger charge is 2.19. The van der Waals surface area contributed by atoms with Gasteiger partial charge in [-0.05, 0) is 42.2 Å². The lowest BCUT2D eigenvalue weighted by Crippen LogP contribution is -2.24. The first-order valence-corrected chi connectivity index (χ1v) is 11.2. The summed E-state index contributed by atoms with van der Waals surface area (Å²) in [4.78, 5) is 17.5. The maximum Gasteiger partial charge on any atom is 0.249 e. The molecular weight excluding hydrogens is 422 g/mol. The number of nitrogens with zero attached hydrogens (tertiary/aromatic N) is 5. The van der Waals surface area contributed by atoms with Gasteiger partial charge in [-0.15, -0.1) is 10.2 Å². The number of pyridine rings is 1. The molecule has 0 spiro atoms. The summed E-state index contributed by atoms with van der Waals surface area (Å²) in [7, 11) is 0. The quantitative estimate of drug-likeness (QED) is 0.453. The monoisotopic (exact) mass is 441 g/mol.